The highest BCUT2D eigenvalue weighted by molar-refractivity contribution is 6.29. The Morgan fingerprint density at radius 2 is 2.29 bits per heavy atom. The summed E-state index contributed by atoms with van der Waals surface area (Å²) in [5.41, 5.74) is 2.45. The lowest BCUT2D eigenvalue weighted by Gasteiger charge is -2.50. The number of rotatable bonds is 2. The number of aromatic nitrogens is 1. The van der Waals surface area contributed by atoms with Gasteiger partial charge < -0.3 is 10.1 Å². The largest absolute Gasteiger partial charge is 0.481 e. The third-order valence-electron chi connectivity index (χ3n) is 4.98. The lowest BCUT2D eigenvalue weighted by Crippen LogP contribution is -2.67. The number of carbonyl (C=O) groups excluding carboxylic acids is 1. The molecule has 2 saturated heterocycles. The number of aryl methyl sites for hydroxylation is 1. The molecule has 0 aromatic carbocycles. The fraction of sp³-hybridized carbons (Fsp3) is 0.600. The van der Waals surface area contributed by atoms with Crippen LogP contribution in [0.1, 0.15) is 36.4 Å². The number of methoxy groups -OCH3 is 1. The zero-order valence-corrected chi connectivity index (χ0v) is 12.7. The first-order chi connectivity index (χ1) is 10.1. The van der Waals surface area contributed by atoms with Gasteiger partial charge in [-0.25, -0.2) is 4.98 Å². The number of hydrogen-bond donors (Lipinski definition) is 1. The van der Waals surface area contributed by atoms with Crippen molar-refractivity contribution in [3.63, 3.8) is 0 Å². The lowest BCUT2D eigenvalue weighted by molar-refractivity contribution is -0.121. The van der Waals surface area contributed by atoms with Crippen LogP contribution in [-0.2, 0) is 11.2 Å². The van der Waals surface area contributed by atoms with Gasteiger partial charge in [-0.15, -0.1) is 0 Å². The molecule has 1 atom stereocenters. The molecule has 1 aromatic rings. The summed E-state index contributed by atoms with van der Waals surface area (Å²) in [5.74, 6) is 0.837. The Morgan fingerprint density at radius 3 is 2.95 bits per heavy atom. The van der Waals surface area contributed by atoms with Crippen LogP contribution in [0.4, 0.5) is 0 Å². The summed E-state index contributed by atoms with van der Waals surface area (Å²) in [5, 5.41) is 3.63. The summed E-state index contributed by atoms with van der Waals surface area (Å²) >= 11 is 6.04. The van der Waals surface area contributed by atoms with Crippen LogP contribution < -0.4 is 10.1 Å². The second-order valence-electron chi connectivity index (χ2n) is 6.32. The molecule has 1 unspecified atom stereocenters. The van der Waals surface area contributed by atoms with Gasteiger partial charge >= 0.3 is 0 Å². The zero-order chi connectivity index (χ0) is 14.6. The van der Waals surface area contributed by atoms with Gasteiger partial charge in [0.25, 0.3) is 0 Å². The molecule has 4 rings (SSSR count). The van der Waals surface area contributed by atoms with Gasteiger partial charge in [-0.2, -0.15) is 0 Å². The van der Waals surface area contributed by atoms with Crippen molar-refractivity contribution < 1.29 is 9.53 Å². The second kappa shape index (κ2) is 4.58. The molecule has 1 aliphatic carbocycles. The molecule has 2 aliphatic heterocycles. The van der Waals surface area contributed by atoms with Gasteiger partial charge in [0.15, 0.2) is 0 Å². The van der Waals surface area contributed by atoms with Crippen LogP contribution in [0.15, 0.2) is 6.07 Å². The highest BCUT2D eigenvalue weighted by atomic mass is 35.5. The highest BCUT2D eigenvalue weighted by Crippen LogP contribution is 2.46. The molecular formula is C15H18ClN3O2. The fourth-order valence-corrected chi connectivity index (χ4v) is 4.24. The lowest BCUT2D eigenvalue weighted by atomic mass is 9.86. The molecule has 5 nitrogen and oxygen atoms in total. The summed E-state index contributed by atoms with van der Waals surface area (Å²) in [4.78, 5) is 18.2. The Kier molecular flexibility index (Phi) is 2.91. The standard InChI is InChI=1S/C15H18ClN3O2/c1-21-14-13-9(6-11(16)17-14)2-3-10(13)19-7-15(8-19)5-4-12(20)18-15/h6,10H,2-5,7-8H2,1H3,(H,18,20). The molecule has 1 aromatic heterocycles. The number of nitrogens with zero attached hydrogens (tertiary/aromatic N) is 2. The van der Waals surface area contributed by atoms with E-state index in [2.05, 4.69) is 15.2 Å². The summed E-state index contributed by atoms with van der Waals surface area (Å²) in [7, 11) is 1.64. The van der Waals surface area contributed by atoms with E-state index in [1.165, 1.54) is 11.1 Å². The Hall–Kier alpha value is -1.33. The third-order valence-corrected chi connectivity index (χ3v) is 5.17. The molecule has 1 amide bonds. The number of carbonyl (C=O) groups is 1. The van der Waals surface area contributed by atoms with E-state index in [1.54, 1.807) is 7.11 Å². The minimum atomic E-state index is 0.0208. The molecule has 0 saturated carbocycles. The monoisotopic (exact) mass is 307 g/mol. The number of likely N-dealkylation sites (tertiary alicyclic amines) is 1. The summed E-state index contributed by atoms with van der Waals surface area (Å²) in [6.45, 7) is 1.85. The van der Waals surface area contributed by atoms with Crippen molar-refractivity contribution >= 4 is 17.5 Å². The van der Waals surface area contributed by atoms with Crippen LogP contribution in [0.3, 0.4) is 0 Å². The zero-order valence-electron chi connectivity index (χ0n) is 12.0. The van der Waals surface area contributed by atoms with E-state index in [-0.39, 0.29) is 11.4 Å². The molecule has 1 spiro atoms. The summed E-state index contributed by atoms with van der Waals surface area (Å²) in [6.07, 6.45) is 3.69. The molecular weight excluding hydrogens is 290 g/mol. The minimum absolute atomic E-state index is 0.0208. The van der Waals surface area contributed by atoms with E-state index in [4.69, 9.17) is 16.3 Å². The molecule has 21 heavy (non-hydrogen) atoms. The van der Waals surface area contributed by atoms with E-state index in [0.29, 0.717) is 23.5 Å². The number of ether oxygens (including phenoxy) is 1. The third kappa shape index (κ3) is 2.02. The minimum Gasteiger partial charge on any atom is -0.481 e. The van der Waals surface area contributed by atoms with Crippen molar-refractivity contribution in [2.24, 2.45) is 0 Å². The molecule has 6 heteroatoms. The molecule has 2 fully saturated rings. The van der Waals surface area contributed by atoms with Crippen molar-refractivity contribution in [1.82, 2.24) is 15.2 Å². The highest BCUT2D eigenvalue weighted by Gasteiger charge is 2.51. The van der Waals surface area contributed by atoms with E-state index in [9.17, 15) is 4.79 Å². The van der Waals surface area contributed by atoms with Gasteiger partial charge in [0.2, 0.25) is 11.8 Å². The molecule has 3 heterocycles. The van der Waals surface area contributed by atoms with Crippen molar-refractivity contribution in [2.75, 3.05) is 20.2 Å². The van der Waals surface area contributed by atoms with Crippen molar-refractivity contribution in [2.45, 2.75) is 37.3 Å². The normalized spacial score (nSPS) is 26.6. The van der Waals surface area contributed by atoms with Gasteiger partial charge in [0.1, 0.15) is 5.15 Å². The second-order valence-corrected chi connectivity index (χ2v) is 6.70. The van der Waals surface area contributed by atoms with E-state index in [0.717, 1.165) is 32.4 Å². The van der Waals surface area contributed by atoms with E-state index >= 15 is 0 Å². The molecule has 3 aliphatic rings. The maximum Gasteiger partial charge on any atom is 0.220 e. The number of fused-ring (bicyclic) bond motifs is 1. The van der Waals surface area contributed by atoms with Crippen molar-refractivity contribution in [3.05, 3.63) is 22.3 Å². The first-order valence-electron chi connectivity index (χ1n) is 7.39. The van der Waals surface area contributed by atoms with Crippen molar-refractivity contribution in [1.29, 1.82) is 0 Å². The average Bonchev–Trinajstić information content (AvgIpc) is 2.99. The van der Waals surface area contributed by atoms with Gasteiger partial charge in [-0.3, -0.25) is 9.69 Å². The number of amides is 1. The van der Waals surface area contributed by atoms with Crippen LogP contribution in [-0.4, -0.2) is 41.5 Å². The number of halogens is 1. The molecule has 0 bridgehead atoms. The quantitative estimate of drug-likeness (QED) is 0.845. The predicted octanol–water partition coefficient (Wildman–Crippen LogP) is 1.70. The first-order valence-corrected chi connectivity index (χ1v) is 7.76. The topological polar surface area (TPSA) is 54.5 Å². The smallest absolute Gasteiger partial charge is 0.220 e. The maximum absolute atomic E-state index is 11.4. The summed E-state index contributed by atoms with van der Waals surface area (Å²) in [6, 6.07) is 2.29. The van der Waals surface area contributed by atoms with Crippen LogP contribution >= 0.6 is 11.6 Å². The van der Waals surface area contributed by atoms with Crippen LogP contribution in [0, 0.1) is 0 Å². The number of nitrogens with one attached hydrogen (secondary N) is 1. The Morgan fingerprint density at radius 1 is 1.48 bits per heavy atom. The van der Waals surface area contributed by atoms with Crippen LogP contribution in [0.25, 0.3) is 0 Å². The molecule has 112 valence electrons. The van der Waals surface area contributed by atoms with Crippen LogP contribution in [0.2, 0.25) is 5.15 Å². The van der Waals surface area contributed by atoms with Gasteiger partial charge in [0.05, 0.1) is 12.6 Å². The molecule has 1 N–H and O–H groups in total. The molecule has 0 radical (unpaired) electrons. The van der Waals surface area contributed by atoms with Crippen LogP contribution in [0.5, 0.6) is 5.88 Å². The Balaban J connectivity index is 1.57. The van der Waals surface area contributed by atoms with Gasteiger partial charge in [0, 0.05) is 31.1 Å². The summed E-state index contributed by atoms with van der Waals surface area (Å²) < 4.78 is 5.43. The SMILES string of the molecule is COc1nc(Cl)cc2c1C(N1CC3(CCC(=O)N3)C1)CC2. The van der Waals surface area contributed by atoms with E-state index in [1.807, 2.05) is 6.07 Å². The first kappa shape index (κ1) is 13.3. The predicted molar refractivity (Wildman–Crippen MR) is 78.5 cm³/mol. The maximum atomic E-state index is 11.4. The Labute approximate surface area is 128 Å². The van der Waals surface area contributed by atoms with Crippen molar-refractivity contribution in [3.8, 4) is 5.88 Å². The number of pyridine rings is 1. The van der Waals surface area contributed by atoms with Gasteiger partial charge in [-0.05, 0) is 30.9 Å². The average molecular weight is 308 g/mol. The Bertz CT molecular complexity index is 613. The number of hydrogen-bond acceptors (Lipinski definition) is 4. The van der Waals surface area contributed by atoms with E-state index < -0.39 is 0 Å². The van der Waals surface area contributed by atoms with Gasteiger partial charge in [-0.1, -0.05) is 11.6 Å². The fourth-order valence-electron chi connectivity index (χ4n) is 4.03.